The highest BCUT2D eigenvalue weighted by Crippen LogP contribution is 2.17. The zero-order chi connectivity index (χ0) is 13.7. The fourth-order valence-electron chi connectivity index (χ4n) is 1.38. The first-order chi connectivity index (χ1) is 9.24. The van der Waals surface area contributed by atoms with Crippen molar-refractivity contribution in [1.29, 1.82) is 0 Å². The van der Waals surface area contributed by atoms with Crippen molar-refractivity contribution in [2.45, 2.75) is 0 Å². The molecule has 0 saturated heterocycles. The third-order valence-corrected chi connectivity index (χ3v) is 2.59. The first-order valence-corrected chi connectivity index (χ1v) is 6.56. The molecule has 3 N–H and O–H groups in total. The number of nitrogens with zero attached hydrogens (tertiary/aromatic N) is 6. The van der Waals surface area contributed by atoms with Gasteiger partial charge in [0.1, 0.15) is 11.8 Å². The Kier molecular flexibility index (Phi) is 4.69. The first kappa shape index (κ1) is 13.8. The zero-order valence-corrected chi connectivity index (χ0v) is 11.4. The Labute approximate surface area is 119 Å². The van der Waals surface area contributed by atoms with Gasteiger partial charge in [0.25, 0.3) is 5.95 Å². The second kappa shape index (κ2) is 6.48. The van der Waals surface area contributed by atoms with E-state index in [0.29, 0.717) is 47.8 Å². The molecule has 0 bridgehead atoms. The predicted octanol–water partition coefficient (Wildman–Crippen LogP) is 1.71. The van der Waals surface area contributed by atoms with Crippen LogP contribution in [0.4, 0.5) is 11.8 Å². The van der Waals surface area contributed by atoms with E-state index in [1.807, 2.05) is 0 Å². The molecule has 0 spiro atoms. The highest BCUT2D eigenvalue weighted by molar-refractivity contribution is 6.18. The molecule has 0 unspecified atom stereocenters. The Morgan fingerprint density at radius 3 is 2.63 bits per heavy atom. The third kappa shape index (κ3) is 3.42. The number of nitrogens with two attached hydrogens (primary N) is 1. The third-order valence-electron chi connectivity index (χ3n) is 2.26. The van der Waals surface area contributed by atoms with Crippen molar-refractivity contribution in [2.75, 3.05) is 30.6 Å². The van der Waals surface area contributed by atoms with Gasteiger partial charge in [0.05, 0.1) is 13.1 Å². The van der Waals surface area contributed by atoms with Crippen LogP contribution < -0.4 is 5.73 Å². The van der Waals surface area contributed by atoms with Crippen LogP contribution in [0.1, 0.15) is 0 Å². The van der Waals surface area contributed by atoms with Crippen molar-refractivity contribution >= 4 is 46.1 Å². The maximum Gasteiger partial charge on any atom is 0.251 e. The van der Waals surface area contributed by atoms with Crippen LogP contribution in [0, 0.1) is 0 Å². The zero-order valence-electron chi connectivity index (χ0n) is 9.92. The molecule has 0 amide bonds. The highest BCUT2D eigenvalue weighted by atomic mass is 35.5. The summed E-state index contributed by atoms with van der Waals surface area (Å²) in [5.41, 5.74) is 6.67. The minimum Gasteiger partial charge on any atom is -0.382 e. The van der Waals surface area contributed by atoms with Gasteiger partial charge < -0.3 is 10.7 Å². The van der Waals surface area contributed by atoms with Gasteiger partial charge in [-0.15, -0.1) is 23.2 Å². The molecule has 10 heteroatoms. The van der Waals surface area contributed by atoms with Gasteiger partial charge in [0.15, 0.2) is 11.5 Å². The van der Waals surface area contributed by atoms with E-state index in [2.05, 4.69) is 30.3 Å². The number of H-pyrrole nitrogens is 1. The summed E-state index contributed by atoms with van der Waals surface area (Å²) in [4.78, 5) is 14.8. The lowest BCUT2D eigenvalue weighted by molar-refractivity contribution is 0.303. The Morgan fingerprint density at radius 1 is 1.26 bits per heavy atom. The summed E-state index contributed by atoms with van der Waals surface area (Å²) in [6.45, 7) is 1.11. The number of aromatic nitrogens is 4. The van der Waals surface area contributed by atoms with E-state index in [4.69, 9.17) is 28.9 Å². The van der Waals surface area contributed by atoms with Crippen LogP contribution in [0.2, 0.25) is 0 Å². The average Bonchev–Trinajstić information content (AvgIpc) is 2.81. The van der Waals surface area contributed by atoms with Crippen LogP contribution in [0.5, 0.6) is 0 Å². The number of anilines is 1. The second-order valence-electron chi connectivity index (χ2n) is 3.54. The molecule has 19 heavy (non-hydrogen) atoms. The van der Waals surface area contributed by atoms with Crippen molar-refractivity contribution in [3.05, 3.63) is 6.33 Å². The molecule has 102 valence electrons. The Balaban J connectivity index is 2.17. The largest absolute Gasteiger partial charge is 0.382 e. The maximum absolute atomic E-state index is 5.68. The van der Waals surface area contributed by atoms with Crippen molar-refractivity contribution in [1.82, 2.24) is 24.9 Å². The molecular weight excluding hydrogens is 291 g/mol. The van der Waals surface area contributed by atoms with E-state index in [9.17, 15) is 0 Å². The summed E-state index contributed by atoms with van der Waals surface area (Å²) >= 11 is 11.3. The number of nitrogen functional groups attached to an aromatic ring is 1. The topological polar surface area (TPSA) is 108 Å². The number of halogens is 2. The van der Waals surface area contributed by atoms with Crippen molar-refractivity contribution in [2.24, 2.45) is 10.3 Å². The highest BCUT2D eigenvalue weighted by Gasteiger charge is 2.07. The van der Waals surface area contributed by atoms with E-state index in [-0.39, 0.29) is 0 Å². The average molecular weight is 303 g/mol. The van der Waals surface area contributed by atoms with Crippen LogP contribution >= 0.6 is 23.2 Å². The summed E-state index contributed by atoms with van der Waals surface area (Å²) in [6, 6.07) is 0. The van der Waals surface area contributed by atoms with Gasteiger partial charge in [-0.2, -0.15) is 4.98 Å². The van der Waals surface area contributed by atoms with Crippen molar-refractivity contribution in [3.63, 3.8) is 0 Å². The van der Waals surface area contributed by atoms with E-state index >= 15 is 0 Å². The van der Waals surface area contributed by atoms with E-state index < -0.39 is 0 Å². The molecule has 0 saturated carbocycles. The number of hydrogen-bond acceptors (Lipinski definition) is 6. The monoisotopic (exact) mass is 302 g/mol. The summed E-state index contributed by atoms with van der Waals surface area (Å²) in [5, 5.41) is 9.63. The summed E-state index contributed by atoms with van der Waals surface area (Å²) in [5.74, 6) is 1.50. The van der Waals surface area contributed by atoms with Crippen molar-refractivity contribution in [3.8, 4) is 0 Å². The Hall–Kier alpha value is -1.67. The lowest BCUT2D eigenvalue weighted by Gasteiger charge is -2.13. The molecule has 2 heterocycles. The molecule has 2 rings (SSSR count). The molecule has 2 aromatic heterocycles. The van der Waals surface area contributed by atoms with Crippen molar-refractivity contribution < 1.29 is 0 Å². The van der Waals surface area contributed by atoms with Gasteiger partial charge in [-0.05, 0) is 0 Å². The second-order valence-corrected chi connectivity index (χ2v) is 4.29. The van der Waals surface area contributed by atoms with Crippen LogP contribution in [0.15, 0.2) is 16.7 Å². The fourth-order valence-corrected chi connectivity index (χ4v) is 1.77. The molecule has 0 aliphatic carbocycles. The van der Waals surface area contributed by atoms with Crippen LogP contribution in [-0.4, -0.2) is 49.8 Å². The fraction of sp³-hybridized carbons (Fsp3) is 0.444. The van der Waals surface area contributed by atoms with Gasteiger partial charge in [-0.1, -0.05) is 10.3 Å². The molecule has 8 nitrogen and oxygen atoms in total. The lowest BCUT2D eigenvalue weighted by Crippen LogP contribution is -2.21. The van der Waals surface area contributed by atoms with E-state index in [0.717, 1.165) is 0 Å². The summed E-state index contributed by atoms with van der Waals surface area (Å²) in [6.07, 6.45) is 1.34. The number of rotatable bonds is 6. The first-order valence-electron chi connectivity index (χ1n) is 5.49. The van der Waals surface area contributed by atoms with Gasteiger partial charge in [0, 0.05) is 11.8 Å². The van der Waals surface area contributed by atoms with Crippen LogP contribution in [0.3, 0.4) is 0 Å². The Morgan fingerprint density at radius 2 is 2.00 bits per heavy atom. The maximum atomic E-state index is 5.68. The number of alkyl halides is 2. The van der Waals surface area contributed by atoms with E-state index in [1.54, 1.807) is 5.01 Å². The predicted molar refractivity (Wildman–Crippen MR) is 73.6 cm³/mol. The number of fused-ring (bicyclic) bond motifs is 1. The number of aromatic amines is 1. The van der Waals surface area contributed by atoms with Gasteiger partial charge in [-0.3, -0.25) is 5.01 Å². The van der Waals surface area contributed by atoms with Gasteiger partial charge in [-0.25, -0.2) is 9.97 Å². The lowest BCUT2D eigenvalue weighted by atomic mass is 10.5. The normalized spacial score (nSPS) is 11.5. The molecular formula is C9H12Cl2N8. The molecule has 2 aromatic rings. The van der Waals surface area contributed by atoms with Crippen LogP contribution in [-0.2, 0) is 0 Å². The number of imidazole rings is 1. The molecule has 0 aromatic carbocycles. The SMILES string of the molecule is Nc1ncnc2nc(N=NN(CCCl)CCCl)[nH]c12. The molecule has 0 aliphatic rings. The quantitative estimate of drug-likeness (QED) is 0.480. The van der Waals surface area contributed by atoms with E-state index in [1.165, 1.54) is 6.33 Å². The minimum atomic E-state index is 0.302. The number of hydrogen-bond donors (Lipinski definition) is 2. The number of nitrogens with one attached hydrogen (secondary N) is 1. The Bertz CT molecular complexity index is 562. The molecule has 0 fully saturated rings. The minimum absolute atomic E-state index is 0.302. The summed E-state index contributed by atoms with van der Waals surface area (Å²) in [7, 11) is 0. The molecule has 0 atom stereocenters. The van der Waals surface area contributed by atoms with Gasteiger partial charge >= 0.3 is 0 Å². The molecule has 0 radical (unpaired) electrons. The van der Waals surface area contributed by atoms with Gasteiger partial charge in [0.2, 0.25) is 0 Å². The molecule has 0 aliphatic heterocycles. The summed E-state index contributed by atoms with van der Waals surface area (Å²) < 4.78 is 0. The smallest absolute Gasteiger partial charge is 0.251 e. The van der Waals surface area contributed by atoms with Crippen LogP contribution in [0.25, 0.3) is 11.2 Å². The standard InChI is InChI=1S/C9H12Cl2N8/c10-1-3-19(4-2-11)18-17-9-15-6-7(12)13-5-14-8(6)16-9/h5H,1-4H2,(H3,12,13,14,15,16).